The summed E-state index contributed by atoms with van der Waals surface area (Å²) in [6, 6.07) is 5.66. The number of hydrogen-bond donors (Lipinski definition) is 0. The first kappa shape index (κ1) is 11.8. The van der Waals surface area contributed by atoms with Crippen LogP contribution in [0.2, 0.25) is 0 Å². The van der Waals surface area contributed by atoms with Crippen molar-refractivity contribution in [2.45, 2.75) is 39.8 Å². The van der Waals surface area contributed by atoms with Crippen LogP contribution >= 0.6 is 0 Å². The Balaban J connectivity index is 2.37. The van der Waals surface area contributed by atoms with Crippen LogP contribution < -0.4 is 0 Å². The van der Waals surface area contributed by atoms with Gasteiger partial charge in [0.15, 0.2) is 5.78 Å². The van der Waals surface area contributed by atoms with Crippen LogP contribution in [-0.2, 0) is 6.54 Å². The molecule has 3 heteroatoms. The number of rotatable bonds is 3. The van der Waals surface area contributed by atoms with Gasteiger partial charge in [0.2, 0.25) is 0 Å². The maximum Gasteiger partial charge on any atom is 0.254 e. The zero-order chi connectivity index (χ0) is 12.6. The fourth-order valence-corrected chi connectivity index (χ4v) is 2.12. The van der Waals surface area contributed by atoms with Crippen molar-refractivity contribution >= 4 is 11.7 Å². The number of Topliss-reactive ketones (excluding diaryl/α,β-unsaturated/α-hetero) is 1. The van der Waals surface area contributed by atoms with Crippen molar-refractivity contribution in [3.63, 3.8) is 0 Å². The third kappa shape index (κ3) is 1.97. The predicted molar refractivity (Wildman–Crippen MR) is 66.1 cm³/mol. The molecule has 0 N–H and O–H groups in total. The third-order valence-electron chi connectivity index (χ3n) is 3.21. The van der Waals surface area contributed by atoms with Gasteiger partial charge in [0.25, 0.3) is 5.91 Å². The second kappa shape index (κ2) is 4.32. The summed E-state index contributed by atoms with van der Waals surface area (Å²) in [7, 11) is 0. The van der Waals surface area contributed by atoms with Gasteiger partial charge < -0.3 is 4.90 Å². The fraction of sp³-hybridized carbons (Fsp3) is 0.429. The number of hydrogen-bond acceptors (Lipinski definition) is 2. The smallest absolute Gasteiger partial charge is 0.254 e. The molecule has 0 aliphatic carbocycles. The molecule has 0 aromatic heterocycles. The van der Waals surface area contributed by atoms with Crippen molar-refractivity contribution in [2.24, 2.45) is 0 Å². The Kier molecular flexibility index (Phi) is 3.01. The summed E-state index contributed by atoms with van der Waals surface area (Å²) >= 11 is 0. The SMILES string of the molecule is CCC(=O)c1ccc2c(c1)C(=O)N(C(C)C)C2. The number of benzene rings is 1. The van der Waals surface area contributed by atoms with E-state index in [0.717, 1.165) is 5.56 Å². The zero-order valence-electron chi connectivity index (χ0n) is 10.5. The van der Waals surface area contributed by atoms with E-state index >= 15 is 0 Å². The van der Waals surface area contributed by atoms with Crippen molar-refractivity contribution in [3.05, 3.63) is 34.9 Å². The predicted octanol–water partition coefficient (Wildman–Crippen LogP) is 2.64. The monoisotopic (exact) mass is 231 g/mol. The standard InChI is InChI=1S/C14H17NO2/c1-4-13(16)10-5-6-11-8-15(9(2)3)14(17)12(11)7-10/h5-7,9H,4,8H2,1-3H3. The van der Waals surface area contributed by atoms with E-state index in [1.165, 1.54) is 0 Å². The molecule has 90 valence electrons. The lowest BCUT2D eigenvalue weighted by Crippen LogP contribution is -2.30. The van der Waals surface area contributed by atoms with Gasteiger partial charge in [0.1, 0.15) is 0 Å². The van der Waals surface area contributed by atoms with Crippen molar-refractivity contribution in [2.75, 3.05) is 0 Å². The second-order valence-corrected chi connectivity index (χ2v) is 4.68. The molecule has 0 unspecified atom stereocenters. The fourth-order valence-electron chi connectivity index (χ4n) is 2.12. The number of amides is 1. The number of carbonyl (C=O) groups is 2. The first-order valence-electron chi connectivity index (χ1n) is 6.01. The van der Waals surface area contributed by atoms with Gasteiger partial charge in [-0.15, -0.1) is 0 Å². The van der Waals surface area contributed by atoms with Gasteiger partial charge in [-0.05, 0) is 25.5 Å². The summed E-state index contributed by atoms with van der Waals surface area (Å²) in [6.45, 7) is 6.49. The van der Waals surface area contributed by atoms with Crippen molar-refractivity contribution in [3.8, 4) is 0 Å². The number of nitrogens with zero attached hydrogens (tertiary/aromatic N) is 1. The molecule has 0 radical (unpaired) electrons. The summed E-state index contributed by atoms with van der Waals surface area (Å²) in [5, 5.41) is 0. The van der Waals surface area contributed by atoms with Gasteiger partial charge in [-0.3, -0.25) is 9.59 Å². The van der Waals surface area contributed by atoms with E-state index in [1.54, 1.807) is 6.07 Å². The van der Waals surface area contributed by atoms with Gasteiger partial charge in [-0.1, -0.05) is 19.1 Å². The molecule has 1 amide bonds. The van der Waals surface area contributed by atoms with Crippen LogP contribution in [0.1, 0.15) is 53.5 Å². The Labute approximate surface area is 101 Å². The highest BCUT2D eigenvalue weighted by Gasteiger charge is 2.29. The van der Waals surface area contributed by atoms with Gasteiger partial charge >= 0.3 is 0 Å². The lowest BCUT2D eigenvalue weighted by Gasteiger charge is -2.19. The minimum Gasteiger partial charge on any atom is -0.332 e. The van der Waals surface area contributed by atoms with Crippen LogP contribution in [0.4, 0.5) is 0 Å². The van der Waals surface area contributed by atoms with Crippen LogP contribution in [-0.4, -0.2) is 22.6 Å². The highest BCUT2D eigenvalue weighted by atomic mass is 16.2. The molecule has 0 saturated carbocycles. The molecule has 0 saturated heterocycles. The van der Waals surface area contributed by atoms with Gasteiger partial charge in [-0.25, -0.2) is 0 Å². The summed E-state index contributed by atoms with van der Waals surface area (Å²) in [5.41, 5.74) is 2.36. The van der Waals surface area contributed by atoms with E-state index in [0.29, 0.717) is 24.1 Å². The molecule has 0 fully saturated rings. The quantitative estimate of drug-likeness (QED) is 0.750. The highest BCUT2D eigenvalue weighted by molar-refractivity contribution is 6.02. The number of fused-ring (bicyclic) bond motifs is 1. The molecule has 0 spiro atoms. The minimum absolute atomic E-state index is 0.0424. The normalized spacial score (nSPS) is 14.4. The molecule has 2 rings (SSSR count). The van der Waals surface area contributed by atoms with Crippen LogP contribution in [0.5, 0.6) is 0 Å². The maximum absolute atomic E-state index is 12.1. The van der Waals surface area contributed by atoms with E-state index in [2.05, 4.69) is 0 Å². The molecule has 0 atom stereocenters. The molecule has 1 aliphatic rings. The minimum atomic E-state index is 0.0424. The summed E-state index contributed by atoms with van der Waals surface area (Å²) < 4.78 is 0. The van der Waals surface area contributed by atoms with Gasteiger partial charge in [0, 0.05) is 30.1 Å². The number of carbonyl (C=O) groups excluding carboxylic acids is 2. The Hall–Kier alpha value is -1.64. The molecular weight excluding hydrogens is 214 g/mol. The summed E-state index contributed by atoms with van der Waals surface area (Å²) in [6.07, 6.45) is 0.473. The maximum atomic E-state index is 12.1. The number of ketones is 1. The van der Waals surface area contributed by atoms with E-state index < -0.39 is 0 Å². The van der Waals surface area contributed by atoms with E-state index in [1.807, 2.05) is 37.8 Å². The largest absolute Gasteiger partial charge is 0.332 e. The zero-order valence-corrected chi connectivity index (χ0v) is 10.5. The van der Waals surface area contributed by atoms with Crippen LogP contribution in [0.3, 0.4) is 0 Å². The Bertz CT molecular complexity index is 477. The molecule has 0 bridgehead atoms. The van der Waals surface area contributed by atoms with Crippen molar-refractivity contribution in [1.29, 1.82) is 0 Å². The van der Waals surface area contributed by atoms with E-state index in [-0.39, 0.29) is 17.7 Å². The van der Waals surface area contributed by atoms with Crippen molar-refractivity contribution < 1.29 is 9.59 Å². The lowest BCUT2D eigenvalue weighted by atomic mass is 10.0. The Morgan fingerprint density at radius 3 is 2.71 bits per heavy atom. The second-order valence-electron chi connectivity index (χ2n) is 4.68. The molecule has 3 nitrogen and oxygen atoms in total. The third-order valence-corrected chi connectivity index (χ3v) is 3.21. The first-order valence-corrected chi connectivity index (χ1v) is 6.01. The van der Waals surface area contributed by atoms with E-state index in [4.69, 9.17) is 0 Å². The van der Waals surface area contributed by atoms with Crippen LogP contribution in [0.25, 0.3) is 0 Å². The topological polar surface area (TPSA) is 37.4 Å². The molecule has 17 heavy (non-hydrogen) atoms. The average molecular weight is 231 g/mol. The average Bonchev–Trinajstić information content (AvgIpc) is 2.65. The molecular formula is C14H17NO2. The highest BCUT2D eigenvalue weighted by Crippen LogP contribution is 2.25. The molecule has 1 aromatic rings. The Morgan fingerprint density at radius 2 is 2.12 bits per heavy atom. The van der Waals surface area contributed by atoms with Gasteiger partial charge in [-0.2, -0.15) is 0 Å². The molecule has 1 heterocycles. The summed E-state index contributed by atoms with van der Waals surface area (Å²) in [4.78, 5) is 25.6. The lowest BCUT2D eigenvalue weighted by molar-refractivity contribution is 0.0730. The van der Waals surface area contributed by atoms with Crippen LogP contribution in [0, 0.1) is 0 Å². The summed E-state index contributed by atoms with van der Waals surface area (Å²) in [5.74, 6) is 0.129. The van der Waals surface area contributed by atoms with E-state index in [9.17, 15) is 9.59 Å². The molecule has 1 aliphatic heterocycles. The first-order chi connectivity index (χ1) is 8.04. The van der Waals surface area contributed by atoms with Crippen LogP contribution in [0.15, 0.2) is 18.2 Å². The van der Waals surface area contributed by atoms with Crippen molar-refractivity contribution in [1.82, 2.24) is 4.90 Å². The molecule has 1 aromatic carbocycles. The Morgan fingerprint density at radius 1 is 1.41 bits per heavy atom. The van der Waals surface area contributed by atoms with Gasteiger partial charge in [0.05, 0.1) is 0 Å².